The molecular formula is C50H31NS. The summed E-state index contributed by atoms with van der Waals surface area (Å²) in [6.07, 6.45) is 0. The molecule has 0 radical (unpaired) electrons. The highest BCUT2D eigenvalue weighted by Crippen LogP contribution is 2.45. The van der Waals surface area contributed by atoms with Gasteiger partial charge in [0.1, 0.15) is 0 Å². The molecule has 2 heterocycles. The molecule has 0 amide bonds. The van der Waals surface area contributed by atoms with Crippen molar-refractivity contribution in [2.24, 2.45) is 0 Å². The van der Waals surface area contributed by atoms with Crippen molar-refractivity contribution in [1.29, 1.82) is 0 Å². The minimum absolute atomic E-state index is 1.20. The molecule has 11 rings (SSSR count). The lowest BCUT2D eigenvalue weighted by Crippen LogP contribution is -1.96. The van der Waals surface area contributed by atoms with Crippen LogP contribution in [0.25, 0.3) is 103 Å². The van der Waals surface area contributed by atoms with Crippen molar-refractivity contribution >= 4 is 74.9 Å². The normalized spacial score (nSPS) is 11.8. The highest BCUT2D eigenvalue weighted by molar-refractivity contribution is 7.26. The molecule has 2 heteroatoms. The van der Waals surface area contributed by atoms with Gasteiger partial charge in [-0.2, -0.15) is 0 Å². The van der Waals surface area contributed by atoms with Crippen LogP contribution in [-0.2, 0) is 0 Å². The van der Waals surface area contributed by atoms with E-state index in [0.717, 1.165) is 0 Å². The summed E-state index contributed by atoms with van der Waals surface area (Å²) in [4.78, 5) is 0. The van der Waals surface area contributed by atoms with Gasteiger partial charge >= 0.3 is 0 Å². The molecule has 1 nitrogen and oxygen atoms in total. The molecular weight excluding hydrogens is 647 g/mol. The Morgan fingerprint density at radius 1 is 0.327 bits per heavy atom. The highest BCUT2D eigenvalue weighted by atomic mass is 32.1. The van der Waals surface area contributed by atoms with E-state index in [2.05, 4.69) is 193 Å². The number of thiophene rings is 1. The molecule has 52 heavy (non-hydrogen) atoms. The van der Waals surface area contributed by atoms with Crippen molar-refractivity contribution in [3.8, 4) is 39.1 Å². The van der Waals surface area contributed by atoms with E-state index in [1.165, 1.54) is 103 Å². The monoisotopic (exact) mass is 677 g/mol. The van der Waals surface area contributed by atoms with Gasteiger partial charge in [-0.05, 0) is 86.4 Å². The molecule has 9 aromatic carbocycles. The summed E-state index contributed by atoms with van der Waals surface area (Å²) in [5.74, 6) is 0. The molecule has 0 N–H and O–H groups in total. The van der Waals surface area contributed by atoms with Crippen molar-refractivity contribution in [3.05, 3.63) is 188 Å². The zero-order valence-corrected chi connectivity index (χ0v) is 29.1. The maximum Gasteiger partial charge on any atom is 0.0547 e. The predicted molar refractivity (Wildman–Crippen MR) is 225 cm³/mol. The summed E-state index contributed by atoms with van der Waals surface area (Å²) >= 11 is 1.90. The Labute approximate surface area is 305 Å². The molecule has 0 aliphatic heterocycles. The maximum absolute atomic E-state index is 2.50. The molecule has 0 aliphatic carbocycles. The number of nitrogens with zero attached hydrogens (tertiary/aromatic N) is 1. The second-order valence-corrected chi connectivity index (χ2v) is 14.7. The highest BCUT2D eigenvalue weighted by Gasteiger charge is 2.19. The molecule has 242 valence electrons. The van der Waals surface area contributed by atoms with E-state index in [4.69, 9.17) is 0 Å². The van der Waals surface area contributed by atoms with Crippen LogP contribution in [0.4, 0.5) is 0 Å². The molecule has 0 atom stereocenters. The van der Waals surface area contributed by atoms with Crippen LogP contribution in [0.1, 0.15) is 0 Å². The van der Waals surface area contributed by atoms with E-state index in [0.29, 0.717) is 0 Å². The van der Waals surface area contributed by atoms with Crippen molar-refractivity contribution in [1.82, 2.24) is 4.57 Å². The average Bonchev–Trinajstić information content (AvgIpc) is 3.76. The first-order chi connectivity index (χ1) is 25.8. The molecule has 0 saturated carbocycles. The lowest BCUT2D eigenvalue weighted by Gasteiger charge is -2.15. The Morgan fingerprint density at radius 2 is 0.942 bits per heavy atom. The van der Waals surface area contributed by atoms with Gasteiger partial charge in [-0.15, -0.1) is 11.3 Å². The van der Waals surface area contributed by atoms with E-state index in [1.54, 1.807) is 0 Å². The van der Waals surface area contributed by atoms with Gasteiger partial charge in [-0.1, -0.05) is 146 Å². The molecule has 0 unspecified atom stereocenters. The number of aromatic nitrogens is 1. The van der Waals surface area contributed by atoms with Gasteiger partial charge in [0.05, 0.1) is 16.7 Å². The van der Waals surface area contributed by atoms with Crippen molar-refractivity contribution in [2.45, 2.75) is 0 Å². The average molecular weight is 678 g/mol. The zero-order valence-electron chi connectivity index (χ0n) is 28.3. The maximum atomic E-state index is 2.50. The van der Waals surface area contributed by atoms with Gasteiger partial charge in [-0.3, -0.25) is 0 Å². The van der Waals surface area contributed by atoms with E-state index < -0.39 is 0 Å². The third-order valence-electron chi connectivity index (χ3n) is 10.8. The van der Waals surface area contributed by atoms with Crippen LogP contribution in [0.2, 0.25) is 0 Å². The second-order valence-electron chi connectivity index (χ2n) is 13.7. The number of para-hydroxylation sites is 1. The Balaban J connectivity index is 1.21. The second kappa shape index (κ2) is 11.5. The molecule has 0 saturated heterocycles. The molecule has 2 aromatic heterocycles. The number of benzene rings is 9. The Bertz CT molecular complexity index is 3170. The summed E-state index contributed by atoms with van der Waals surface area (Å²) in [6, 6.07) is 69.2. The first-order valence-electron chi connectivity index (χ1n) is 17.8. The lowest BCUT2D eigenvalue weighted by molar-refractivity contribution is 1.20. The van der Waals surface area contributed by atoms with Crippen molar-refractivity contribution < 1.29 is 0 Å². The van der Waals surface area contributed by atoms with Gasteiger partial charge in [0.2, 0.25) is 0 Å². The first kappa shape index (κ1) is 29.3. The predicted octanol–water partition coefficient (Wildman–Crippen LogP) is 14.5. The van der Waals surface area contributed by atoms with Gasteiger partial charge in [0, 0.05) is 41.9 Å². The Kier molecular flexibility index (Phi) is 6.49. The minimum atomic E-state index is 1.20. The molecule has 0 aliphatic rings. The van der Waals surface area contributed by atoms with Crippen LogP contribution >= 0.6 is 11.3 Å². The summed E-state index contributed by atoms with van der Waals surface area (Å²) in [7, 11) is 0. The summed E-state index contributed by atoms with van der Waals surface area (Å²) in [6.45, 7) is 0. The Hall–Kier alpha value is -6.48. The molecule has 11 aromatic rings. The summed E-state index contributed by atoms with van der Waals surface area (Å²) in [5, 5.41) is 10.2. The third-order valence-corrected chi connectivity index (χ3v) is 12.0. The van der Waals surface area contributed by atoms with Crippen molar-refractivity contribution in [3.63, 3.8) is 0 Å². The lowest BCUT2D eigenvalue weighted by atomic mass is 9.94. The SMILES string of the molecule is c1ccc(-c2ccc3sc4c(-c5ccc6c7ccccc7n(-c7cc8ccccc8c8ccccc78)c6c5)cc(-c5ccccc5)cc4c3c2)cc1. The van der Waals surface area contributed by atoms with Crippen LogP contribution in [0.5, 0.6) is 0 Å². The largest absolute Gasteiger partial charge is 0.309 e. The first-order valence-corrected chi connectivity index (χ1v) is 18.7. The fourth-order valence-electron chi connectivity index (χ4n) is 8.32. The van der Waals surface area contributed by atoms with Crippen molar-refractivity contribution in [2.75, 3.05) is 0 Å². The van der Waals surface area contributed by atoms with E-state index >= 15 is 0 Å². The number of rotatable bonds is 4. The van der Waals surface area contributed by atoms with Gasteiger partial charge in [-0.25, -0.2) is 0 Å². The number of hydrogen-bond donors (Lipinski definition) is 0. The summed E-state index contributed by atoms with van der Waals surface area (Å²) < 4.78 is 5.12. The standard InChI is InChI=1S/C50H31NS/c1-3-13-32(14-4-1)34-24-26-49-44(27-34)45-29-37(33-15-5-2-6-16-33)28-43(50(45)52-49)36-23-25-42-41-21-11-12-22-46(41)51(48(42)31-36)47-30-35-17-7-8-18-38(35)39-19-9-10-20-40(39)47/h1-31H. The third kappa shape index (κ3) is 4.48. The quantitative estimate of drug-likeness (QED) is 0.163. The van der Waals surface area contributed by atoms with E-state index in [1.807, 2.05) is 11.3 Å². The molecule has 0 bridgehead atoms. The topological polar surface area (TPSA) is 4.93 Å². The van der Waals surface area contributed by atoms with Crippen LogP contribution in [-0.4, -0.2) is 4.57 Å². The number of hydrogen-bond acceptors (Lipinski definition) is 1. The van der Waals surface area contributed by atoms with Gasteiger partial charge < -0.3 is 4.57 Å². The smallest absolute Gasteiger partial charge is 0.0547 e. The number of fused-ring (bicyclic) bond motifs is 9. The van der Waals surface area contributed by atoms with Gasteiger partial charge in [0.15, 0.2) is 0 Å². The zero-order chi connectivity index (χ0) is 34.2. The molecule has 0 spiro atoms. The van der Waals surface area contributed by atoms with Gasteiger partial charge in [0.25, 0.3) is 0 Å². The van der Waals surface area contributed by atoms with Crippen LogP contribution in [0.3, 0.4) is 0 Å². The fraction of sp³-hybridized carbons (Fsp3) is 0. The van der Waals surface area contributed by atoms with Crippen LogP contribution in [0.15, 0.2) is 188 Å². The van der Waals surface area contributed by atoms with E-state index in [9.17, 15) is 0 Å². The van der Waals surface area contributed by atoms with Crippen LogP contribution in [0, 0.1) is 0 Å². The Morgan fingerprint density at radius 3 is 1.75 bits per heavy atom. The van der Waals surface area contributed by atoms with E-state index in [-0.39, 0.29) is 0 Å². The molecule has 0 fully saturated rings. The van der Waals surface area contributed by atoms with Crippen LogP contribution < -0.4 is 0 Å². The minimum Gasteiger partial charge on any atom is -0.309 e. The summed E-state index contributed by atoms with van der Waals surface area (Å²) in [5.41, 5.74) is 11.1. The fourth-order valence-corrected chi connectivity index (χ4v) is 9.52.